The van der Waals surface area contributed by atoms with Crippen LogP contribution in [0.25, 0.3) is 11.1 Å². The minimum Gasteiger partial charge on any atom is -0.330 e. The van der Waals surface area contributed by atoms with Crippen molar-refractivity contribution in [2.75, 3.05) is 6.54 Å². The number of hydrogen-bond donors (Lipinski definition) is 1. The van der Waals surface area contributed by atoms with Gasteiger partial charge in [0.05, 0.1) is 0 Å². The minimum absolute atomic E-state index is 0.764. The van der Waals surface area contributed by atoms with Crippen LogP contribution < -0.4 is 5.73 Å². The van der Waals surface area contributed by atoms with E-state index in [9.17, 15) is 0 Å². The molecule has 17 heavy (non-hydrogen) atoms. The second kappa shape index (κ2) is 5.65. The molecule has 0 heterocycles. The molecule has 2 aromatic rings. The summed E-state index contributed by atoms with van der Waals surface area (Å²) in [5.41, 5.74) is 10.8. The Hall–Kier alpha value is -1.60. The van der Waals surface area contributed by atoms with Crippen LogP contribution in [0.15, 0.2) is 48.5 Å². The fourth-order valence-electron chi connectivity index (χ4n) is 1.99. The van der Waals surface area contributed by atoms with Gasteiger partial charge in [-0.25, -0.2) is 0 Å². The molecule has 1 nitrogen and oxygen atoms in total. The molecular formula is C16H19N. The third kappa shape index (κ3) is 3.18. The molecule has 2 aromatic carbocycles. The zero-order chi connectivity index (χ0) is 12.1. The van der Waals surface area contributed by atoms with E-state index >= 15 is 0 Å². The normalized spacial score (nSPS) is 10.5. The molecule has 2 rings (SSSR count). The van der Waals surface area contributed by atoms with Crippen LogP contribution in [0.1, 0.15) is 17.5 Å². The molecule has 0 fully saturated rings. The summed E-state index contributed by atoms with van der Waals surface area (Å²) in [4.78, 5) is 0. The van der Waals surface area contributed by atoms with Crippen LogP contribution >= 0.6 is 0 Å². The quantitative estimate of drug-likeness (QED) is 0.846. The first-order valence-electron chi connectivity index (χ1n) is 6.15. The predicted molar refractivity (Wildman–Crippen MR) is 74.0 cm³/mol. The summed E-state index contributed by atoms with van der Waals surface area (Å²) in [6.45, 7) is 2.89. The van der Waals surface area contributed by atoms with Crippen molar-refractivity contribution >= 4 is 0 Å². The van der Waals surface area contributed by atoms with E-state index in [0.29, 0.717) is 0 Å². The maximum absolute atomic E-state index is 5.51. The van der Waals surface area contributed by atoms with Crippen molar-refractivity contribution in [2.45, 2.75) is 19.8 Å². The second-order valence-corrected chi connectivity index (χ2v) is 4.46. The third-order valence-electron chi connectivity index (χ3n) is 2.97. The molecule has 0 saturated carbocycles. The highest BCUT2D eigenvalue weighted by molar-refractivity contribution is 5.64. The summed E-state index contributed by atoms with van der Waals surface area (Å²) in [6, 6.07) is 17.4. The van der Waals surface area contributed by atoms with Crippen molar-refractivity contribution in [2.24, 2.45) is 5.73 Å². The number of benzene rings is 2. The zero-order valence-corrected chi connectivity index (χ0v) is 10.3. The molecule has 2 N–H and O–H groups in total. The first-order valence-corrected chi connectivity index (χ1v) is 6.15. The van der Waals surface area contributed by atoms with E-state index in [-0.39, 0.29) is 0 Å². The monoisotopic (exact) mass is 225 g/mol. The highest BCUT2D eigenvalue weighted by atomic mass is 14.5. The Balaban J connectivity index is 2.17. The average molecular weight is 225 g/mol. The van der Waals surface area contributed by atoms with Gasteiger partial charge < -0.3 is 5.73 Å². The third-order valence-corrected chi connectivity index (χ3v) is 2.97. The Kier molecular flexibility index (Phi) is 3.94. The van der Waals surface area contributed by atoms with Gasteiger partial charge in [-0.3, -0.25) is 0 Å². The zero-order valence-electron chi connectivity index (χ0n) is 10.3. The van der Waals surface area contributed by atoms with Gasteiger partial charge in [0.25, 0.3) is 0 Å². The van der Waals surface area contributed by atoms with E-state index in [0.717, 1.165) is 19.4 Å². The van der Waals surface area contributed by atoms with Crippen LogP contribution in [0.2, 0.25) is 0 Å². The maximum Gasteiger partial charge on any atom is -0.00741 e. The van der Waals surface area contributed by atoms with Crippen LogP contribution in [0.5, 0.6) is 0 Å². The molecule has 1 heteroatoms. The average Bonchev–Trinajstić information content (AvgIpc) is 2.37. The Morgan fingerprint density at radius 3 is 2.35 bits per heavy atom. The summed E-state index contributed by atoms with van der Waals surface area (Å²) in [5, 5.41) is 0. The van der Waals surface area contributed by atoms with Crippen molar-refractivity contribution in [3.63, 3.8) is 0 Å². The maximum atomic E-state index is 5.51. The SMILES string of the molecule is Cc1cccc(-c2ccc(CCCN)cc2)c1. The second-order valence-electron chi connectivity index (χ2n) is 4.46. The number of nitrogens with two attached hydrogens (primary N) is 1. The molecule has 0 aliphatic rings. The Labute approximate surface area is 103 Å². The van der Waals surface area contributed by atoms with Crippen LogP contribution in [0.4, 0.5) is 0 Å². The molecule has 0 amide bonds. The smallest absolute Gasteiger partial charge is 0.00741 e. The van der Waals surface area contributed by atoms with E-state index in [1.165, 1.54) is 22.3 Å². The molecule has 0 aliphatic carbocycles. The lowest BCUT2D eigenvalue weighted by Gasteiger charge is -2.05. The molecule has 0 unspecified atom stereocenters. The van der Waals surface area contributed by atoms with Gasteiger partial charge in [-0.15, -0.1) is 0 Å². The highest BCUT2D eigenvalue weighted by Crippen LogP contribution is 2.21. The Morgan fingerprint density at radius 1 is 0.941 bits per heavy atom. The molecule has 0 bridgehead atoms. The van der Waals surface area contributed by atoms with E-state index in [4.69, 9.17) is 5.73 Å². The fraction of sp³-hybridized carbons (Fsp3) is 0.250. The van der Waals surface area contributed by atoms with Gasteiger partial charge in [0.1, 0.15) is 0 Å². The van der Waals surface area contributed by atoms with Gasteiger partial charge in [-0.1, -0.05) is 54.1 Å². The molecule has 88 valence electrons. The van der Waals surface area contributed by atoms with Crippen molar-refractivity contribution in [1.29, 1.82) is 0 Å². The summed E-state index contributed by atoms with van der Waals surface area (Å²) < 4.78 is 0. The van der Waals surface area contributed by atoms with Gasteiger partial charge in [0, 0.05) is 0 Å². The first kappa shape index (κ1) is 11.9. The van der Waals surface area contributed by atoms with Gasteiger partial charge in [-0.05, 0) is 43.0 Å². The van der Waals surface area contributed by atoms with Gasteiger partial charge in [0.2, 0.25) is 0 Å². The fourth-order valence-corrected chi connectivity index (χ4v) is 1.99. The van der Waals surface area contributed by atoms with E-state index in [2.05, 4.69) is 55.5 Å². The minimum atomic E-state index is 0.764. The summed E-state index contributed by atoms with van der Waals surface area (Å²) >= 11 is 0. The lowest BCUT2D eigenvalue weighted by atomic mass is 10.0. The standard InChI is InChI=1S/C16H19N/c1-13-4-2-6-16(12-13)15-9-7-14(8-10-15)5-3-11-17/h2,4,6-10,12H,3,5,11,17H2,1H3. The van der Waals surface area contributed by atoms with Crippen molar-refractivity contribution < 1.29 is 0 Å². The largest absolute Gasteiger partial charge is 0.330 e. The number of hydrogen-bond acceptors (Lipinski definition) is 1. The Morgan fingerprint density at radius 2 is 1.71 bits per heavy atom. The van der Waals surface area contributed by atoms with Crippen molar-refractivity contribution in [3.8, 4) is 11.1 Å². The van der Waals surface area contributed by atoms with Crippen LogP contribution in [-0.2, 0) is 6.42 Å². The highest BCUT2D eigenvalue weighted by Gasteiger charge is 1.98. The van der Waals surface area contributed by atoms with E-state index < -0.39 is 0 Å². The Bertz CT molecular complexity index is 471. The van der Waals surface area contributed by atoms with Crippen LogP contribution in [-0.4, -0.2) is 6.54 Å². The summed E-state index contributed by atoms with van der Waals surface area (Å²) in [5.74, 6) is 0. The molecule has 0 saturated heterocycles. The molecule has 0 aliphatic heterocycles. The van der Waals surface area contributed by atoms with Gasteiger partial charge in [-0.2, -0.15) is 0 Å². The molecule has 0 radical (unpaired) electrons. The van der Waals surface area contributed by atoms with Gasteiger partial charge >= 0.3 is 0 Å². The first-order chi connectivity index (χ1) is 8.29. The molecular weight excluding hydrogens is 206 g/mol. The molecule has 0 aromatic heterocycles. The number of rotatable bonds is 4. The van der Waals surface area contributed by atoms with E-state index in [1.54, 1.807) is 0 Å². The van der Waals surface area contributed by atoms with E-state index in [1.807, 2.05) is 0 Å². The van der Waals surface area contributed by atoms with Crippen molar-refractivity contribution in [3.05, 3.63) is 59.7 Å². The lowest BCUT2D eigenvalue weighted by Crippen LogP contribution is -2.00. The lowest BCUT2D eigenvalue weighted by molar-refractivity contribution is 0.833. The van der Waals surface area contributed by atoms with Gasteiger partial charge in [0.15, 0.2) is 0 Å². The summed E-state index contributed by atoms with van der Waals surface area (Å²) in [7, 11) is 0. The van der Waals surface area contributed by atoms with Crippen LogP contribution in [0.3, 0.4) is 0 Å². The summed E-state index contributed by atoms with van der Waals surface area (Å²) in [6.07, 6.45) is 2.13. The molecule has 0 atom stereocenters. The topological polar surface area (TPSA) is 26.0 Å². The van der Waals surface area contributed by atoms with Crippen LogP contribution in [0, 0.1) is 6.92 Å². The molecule has 0 spiro atoms. The predicted octanol–water partition coefficient (Wildman–Crippen LogP) is 3.55. The number of aryl methyl sites for hydroxylation is 2. The van der Waals surface area contributed by atoms with Crippen molar-refractivity contribution in [1.82, 2.24) is 0 Å².